The Morgan fingerprint density at radius 2 is 1.54 bits per heavy atom. The Morgan fingerprint density at radius 3 is 2.14 bits per heavy atom. The van der Waals surface area contributed by atoms with Gasteiger partial charge in [0.25, 0.3) is 0 Å². The summed E-state index contributed by atoms with van der Waals surface area (Å²) in [7, 11) is -3.93. The van der Waals surface area contributed by atoms with Crippen LogP contribution in [0, 0.1) is 28.6 Å². The zero-order chi connectivity index (χ0) is 37.3. The molecule has 0 aromatic heterocycles. The van der Waals surface area contributed by atoms with Crippen LogP contribution in [0.2, 0.25) is 36.3 Å². The molecule has 50 heavy (non-hydrogen) atoms. The van der Waals surface area contributed by atoms with Crippen molar-refractivity contribution in [1.29, 1.82) is 0 Å². The van der Waals surface area contributed by atoms with Gasteiger partial charge in [0.2, 0.25) is 0 Å². The molecule has 0 bridgehead atoms. The molecule has 0 saturated heterocycles. The minimum Gasteiger partial charge on any atom is -0.413 e. The lowest BCUT2D eigenvalue weighted by molar-refractivity contribution is 0.0969. The number of aliphatic hydroxyl groups is 1. The van der Waals surface area contributed by atoms with Crippen molar-refractivity contribution in [3.05, 3.63) is 47.6 Å². The van der Waals surface area contributed by atoms with Crippen molar-refractivity contribution < 1.29 is 14.0 Å². The summed E-state index contributed by atoms with van der Waals surface area (Å²) in [5.74, 6) is 1.80. The molecular formula is C45H80O3Si2. The van der Waals surface area contributed by atoms with E-state index in [-0.39, 0.29) is 33.8 Å². The summed E-state index contributed by atoms with van der Waals surface area (Å²) in [6.45, 7) is 35.6. The highest BCUT2D eigenvalue weighted by molar-refractivity contribution is 6.74. The van der Waals surface area contributed by atoms with E-state index in [2.05, 4.69) is 113 Å². The molecule has 4 aliphatic carbocycles. The SMILES string of the molecule is C=C1/C(=C\C=C2/CCC[C@]3(C)[C@@H]([C@H](C)/C=C/[C@@H](O)C4(CCCCCC)CC4)CC[C@@H]23)C[C@@H](O[Si](C)(C)C(C)(C)C)C[C@@H]1O[Si](C)(C)C(C)(C)C. The highest BCUT2D eigenvalue weighted by atomic mass is 28.4. The first-order chi connectivity index (χ1) is 23.1. The highest BCUT2D eigenvalue weighted by Crippen LogP contribution is 2.60. The van der Waals surface area contributed by atoms with Crippen molar-refractivity contribution in [2.24, 2.45) is 28.6 Å². The van der Waals surface area contributed by atoms with Gasteiger partial charge >= 0.3 is 0 Å². The first kappa shape index (κ1) is 42.0. The number of allylic oxidation sites excluding steroid dienone is 4. The zero-order valence-corrected chi connectivity index (χ0v) is 37.1. The van der Waals surface area contributed by atoms with Gasteiger partial charge in [0.05, 0.1) is 18.3 Å². The maximum absolute atomic E-state index is 11.3. The average Bonchev–Trinajstić information content (AvgIpc) is 3.71. The molecule has 1 N–H and O–H groups in total. The largest absolute Gasteiger partial charge is 0.413 e. The van der Waals surface area contributed by atoms with Gasteiger partial charge in [-0.25, -0.2) is 0 Å². The second-order valence-electron chi connectivity index (χ2n) is 20.7. The number of aliphatic hydroxyl groups excluding tert-OH is 1. The van der Waals surface area contributed by atoms with Crippen LogP contribution in [-0.2, 0) is 8.85 Å². The van der Waals surface area contributed by atoms with Crippen LogP contribution in [0.25, 0.3) is 0 Å². The molecule has 4 rings (SSSR count). The van der Waals surface area contributed by atoms with Gasteiger partial charge in [-0.2, -0.15) is 0 Å². The van der Waals surface area contributed by atoms with Crippen LogP contribution in [-0.4, -0.2) is 40.1 Å². The number of rotatable bonds is 14. The van der Waals surface area contributed by atoms with Crippen LogP contribution < -0.4 is 0 Å². The van der Waals surface area contributed by atoms with Crippen molar-refractivity contribution in [2.75, 3.05) is 0 Å². The Balaban J connectivity index is 1.51. The molecule has 3 nitrogen and oxygen atoms in total. The molecule has 5 heteroatoms. The van der Waals surface area contributed by atoms with E-state index in [9.17, 15) is 5.11 Å². The second kappa shape index (κ2) is 15.9. The number of fused-ring (bicyclic) bond motifs is 1. The third kappa shape index (κ3) is 9.49. The van der Waals surface area contributed by atoms with Crippen LogP contribution in [0.1, 0.15) is 152 Å². The molecule has 4 aliphatic rings. The van der Waals surface area contributed by atoms with Crippen molar-refractivity contribution in [1.82, 2.24) is 0 Å². The first-order valence-corrected chi connectivity index (χ1v) is 26.7. The normalized spacial score (nSPS) is 32.2. The standard InChI is InChI=1S/C45H80O3Si2/c1-15-16-17-18-28-45(29-30-45)41(46)26-21-33(2)38-24-25-39-35(20-19-27-44(38,39)10)22-23-36-31-37(47-49(11,12)42(4,5)6)32-40(34(36)3)48-50(13,14)43(7,8)9/h21-23,26,33,37-41,46H,3,15-20,24-25,27-32H2,1-2,4-14H3/b26-21+,35-22+,36-23-/t33-,37-,38-,39+,40+,41-,44-/m1/s1. The molecule has 0 aliphatic heterocycles. The Bertz CT molecular complexity index is 1260. The summed E-state index contributed by atoms with van der Waals surface area (Å²) in [6, 6.07) is 0. The fraction of sp³-hybridized carbons (Fsp3) is 0.822. The lowest BCUT2D eigenvalue weighted by Crippen LogP contribution is -2.49. The number of unbranched alkanes of at least 4 members (excludes halogenated alkanes) is 3. The molecule has 0 aromatic rings. The quantitative estimate of drug-likeness (QED) is 0.110. The Morgan fingerprint density at radius 1 is 0.900 bits per heavy atom. The van der Waals surface area contributed by atoms with E-state index in [1.807, 2.05) is 0 Å². The molecule has 286 valence electrons. The van der Waals surface area contributed by atoms with E-state index in [1.165, 1.54) is 88.2 Å². The molecule has 0 unspecified atom stereocenters. The fourth-order valence-electron chi connectivity index (χ4n) is 9.29. The first-order valence-electron chi connectivity index (χ1n) is 20.9. The maximum atomic E-state index is 11.3. The van der Waals surface area contributed by atoms with Gasteiger partial charge in [0.1, 0.15) is 0 Å². The fourth-order valence-corrected chi connectivity index (χ4v) is 12.0. The Labute approximate surface area is 312 Å². The summed E-state index contributed by atoms with van der Waals surface area (Å²) < 4.78 is 14.2. The highest BCUT2D eigenvalue weighted by Gasteiger charge is 2.51. The predicted octanol–water partition coefficient (Wildman–Crippen LogP) is 13.5. The van der Waals surface area contributed by atoms with Crippen LogP contribution in [0.4, 0.5) is 0 Å². The van der Waals surface area contributed by atoms with E-state index in [1.54, 1.807) is 5.57 Å². The van der Waals surface area contributed by atoms with E-state index < -0.39 is 16.6 Å². The molecule has 4 saturated carbocycles. The Kier molecular flexibility index (Phi) is 13.4. The van der Waals surface area contributed by atoms with Crippen LogP contribution in [0.5, 0.6) is 0 Å². The molecular weight excluding hydrogens is 645 g/mol. The lowest BCUT2D eigenvalue weighted by Gasteiger charge is -2.45. The summed E-state index contributed by atoms with van der Waals surface area (Å²) >= 11 is 0. The summed E-state index contributed by atoms with van der Waals surface area (Å²) in [5.41, 5.74) is 4.66. The van der Waals surface area contributed by atoms with Gasteiger partial charge in [-0.1, -0.05) is 124 Å². The maximum Gasteiger partial charge on any atom is 0.192 e. The van der Waals surface area contributed by atoms with E-state index in [0.717, 1.165) is 12.8 Å². The van der Waals surface area contributed by atoms with E-state index >= 15 is 0 Å². The third-order valence-electron chi connectivity index (χ3n) is 15.1. The van der Waals surface area contributed by atoms with Gasteiger partial charge in [0.15, 0.2) is 16.6 Å². The van der Waals surface area contributed by atoms with Crippen molar-refractivity contribution >= 4 is 16.6 Å². The molecule has 7 atom stereocenters. The number of hydrogen-bond acceptors (Lipinski definition) is 3. The molecule has 4 fully saturated rings. The summed E-state index contributed by atoms with van der Waals surface area (Å²) in [5, 5.41) is 11.6. The van der Waals surface area contributed by atoms with Crippen LogP contribution >= 0.6 is 0 Å². The summed E-state index contributed by atoms with van der Waals surface area (Å²) in [6.07, 6.45) is 26.5. The van der Waals surface area contributed by atoms with Crippen molar-refractivity contribution in [3.8, 4) is 0 Å². The van der Waals surface area contributed by atoms with Gasteiger partial charge < -0.3 is 14.0 Å². The molecule has 0 aromatic carbocycles. The zero-order valence-electron chi connectivity index (χ0n) is 35.1. The second-order valence-corrected chi connectivity index (χ2v) is 30.2. The monoisotopic (exact) mass is 725 g/mol. The van der Waals surface area contributed by atoms with E-state index in [4.69, 9.17) is 15.4 Å². The average molecular weight is 725 g/mol. The third-order valence-corrected chi connectivity index (χ3v) is 24.1. The van der Waals surface area contributed by atoms with Gasteiger partial charge in [-0.3, -0.25) is 0 Å². The Hall–Kier alpha value is -0.726. The summed E-state index contributed by atoms with van der Waals surface area (Å²) in [4.78, 5) is 0. The topological polar surface area (TPSA) is 38.7 Å². The van der Waals surface area contributed by atoms with Crippen molar-refractivity contribution in [3.63, 3.8) is 0 Å². The number of hydrogen-bond donors (Lipinski definition) is 1. The van der Waals surface area contributed by atoms with Gasteiger partial charge in [0, 0.05) is 6.42 Å². The smallest absolute Gasteiger partial charge is 0.192 e. The molecule has 0 heterocycles. The van der Waals surface area contributed by atoms with Crippen LogP contribution in [0.15, 0.2) is 47.6 Å². The van der Waals surface area contributed by atoms with E-state index in [0.29, 0.717) is 23.2 Å². The molecule has 0 amide bonds. The van der Waals surface area contributed by atoms with Gasteiger partial charge in [-0.05, 0) is 134 Å². The van der Waals surface area contributed by atoms with Crippen molar-refractivity contribution in [2.45, 2.75) is 207 Å². The minimum atomic E-state index is -1.99. The molecule has 0 radical (unpaired) electrons. The minimum absolute atomic E-state index is 0.0191. The van der Waals surface area contributed by atoms with Crippen LogP contribution in [0.3, 0.4) is 0 Å². The molecule has 0 spiro atoms. The predicted molar refractivity (Wildman–Crippen MR) is 222 cm³/mol. The lowest BCUT2D eigenvalue weighted by atomic mass is 9.61. The van der Waals surface area contributed by atoms with Gasteiger partial charge in [-0.15, -0.1) is 0 Å².